The van der Waals surface area contributed by atoms with E-state index in [1.165, 1.54) is 4.90 Å². The van der Waals surface area contributed by atoms with Crippen LogP contribution < -0.4 is 9.64 Å². The lowest BCUT2D eigenvalue weighted by atomic mass is 9.78. The molecule has 186 valence electrons. The minimum atomic E-state index is -0.506. The zero-order valence-electron chi connectivity index (χ0n) is 20.6. The van der Waals surface area contributed by atoms with Gasteiger partial charge in [0.05, 0.1) is 18.4 Å². The number of carbonyl (C=O) groups excluding carboxylic acids is 3. The van der Waals surface area contributed by atoms with Gasteiger partial charge < -0.3 is 19.3 Å². The van der Waals surface area contributed by atoms with Crippen LogP contribution in [0.4, 0.5) is 5.69 Å². The number of hydrogen-bond donors (Lipinski definition) is 0. The van der Waals surface area contributed by atoms with Crippen LogP contribution in [0, 0.1) is 11.8 Å². The molecule has 0 saturated heterocycles. The van der Waals surface area contributed by atoms with Crippen molar-refractivity contribution in [3.8, 4) is 5.75 Å². The predicted molar refractivity (Wildman–Crippen MR) is 133 cm³/mol. The van der Waals surface area contributed by atoms with E-state index in [2.05, 4.69) is 0 Å². The number of para-hydroxylation sites is 1. The number of hydrogen-bond acceptors (Lipinski definition) is 5. The van der Waals surface area contributed by atoms with Crippen LogP contribution in [0.5, 0.6) is 5.75 Å². The van der Waals surface area contributed by atoms with Gasteiger partial charge in [-0.2, -0.15) is 0 Å². The Labute approximate surface area is 207 Å². The maximum Gasteiger partial charge on any atom is 0.310 e. The Morgan fingerprint density at radius 3 is 2.46 bits per heavy atom. The Morgan fingerprint density at radius 2 is 1.71 bits per heavy atom. The average molecular weight is 479 g/mol. The molecule has 0 N–H and O–H groups in total. The van der Waals surface area contributed by atoms with Crippen LogP contribution in [0.25, 0.3) is 0 Å². The number of anilines is 1. The van der Waals surface area contributed by atoms with Crippen molar-refractivity contribution >= 4 is 23.5 Å². The van der Waals surface area contributed by atoms with E-state index >= 15 is 0 Å². The molecule has 0 spiro atoms. The summed E-state index contributed by atoms with van der Waals surface area (Å²) in [7, 11) is 1.68. The zero-order valence-corrected chi connectivity index (χ0v) is 20.6. The first kappa shape index (κ1) is 24.8. The van der Waals surface area contributed by atoms with E-state index in [0.29, 0.717) is 32.5 Å². The Bertz CT molecular complexity index is 1050. The first-order valence-electron chi connectivity index (χ1n) is 12.5. The van der Waals surface area contributed by atoms with Gasteiger partial charge >= 0.3 is 5.97 Å². The highest BCUT2D eigenvalue weighted by atomic mass is 16.5. The molecule has 0 bridgehead atoms. The third kappa shape index (κ3) is 5.84. The molecule has 1 fully saturated rings. The van der Waals surface area contributed by atoms with Crippen molar-refractivity contribution < 1.29 is 23.9 Å². The topological polar surface area (TPSA) is 76.1 Å². The van der Waals surface area contributed by atoms with E-state index < -0.39 is 17.8 Å². The molecule has 1 heterocycles. The fourth-order valence-corrected chi connectivity index (χ4v) is 5.05. The number of benzene rings is 2. The molecule has 7 nitrogen and oxygen atoms in total. The minimum absolute atomic E-state index is 0.00413. The van der Waals surface area contributed by atoms with Crippen molar-refractivity contribution in [2.24, 2.45) is 11.8 Å². The molecule has 1 aliphatic carbocycles. The van der Waals surface area contributed by atoms with Crippen molar-refractivity contribution in [2.75, 3.05) is 31.7 Å². The van der Waals surface area contributed by atoms with E-state index in [9.17, 15) is 14.4 Å². The van der Waals surface area contributed by atoms with Gasteiger partial charge in [0.1, 0.15) is 5.75 Å². The van der Waals surface area contributed by atoms with Gasteiger partial charge in [0.2, 0.25) is 5.91 Å². The fourth-order valence-electron chi connectivity index (χ4n) is 5.05. The number of carbonyl (C=O) groups is 3. The lowest BCUT2D eigenvalue weighted by Gasteiger charge is -2.32. The second-order valence-corrected chi connectivity index (χ2v) is 9.30. The molecule has 0 radical (unpaired) electrons. The normalized spacial score (nSPS) is 19.1. The summed E-state index contributed by atoms with van der Waals surface area (Å²) in [5, 5.41) is 0. The van der Waals surface area contributed by atoms with Crippen LogP contribution in [0.3, 0.4) is 0 Å². The predicted octanol–water partition coefficient (Wildman–Crippen LogP) is 3.98. The molecule has 2 atom stereocenters. The van der Waals surface area contributed by atoms with Gasteiger partial charge in [-0.1, -0.05) is 43.2 Å². The number of nitrogens with zero attached hydrogens (tertiary/aromatic N) is 2. The van der Waals surface area contributed by atoms with Crippen LogP contribution in [-0.4, -0.2) is 49.5 Å². The highest BCUT2D eigenvalue weighted by molar-refractivity contribution is 5.99. The number of rotatable bonds is 8. The second kappa shape index (κ2) is 11.4. The summed E-state index contributed by atoms with van der Waals surface area (Å²) in [4.78, 5) is 42.4. The molecule has 2 unspecified atom stereocenters. The first-order valence-corrected chi connectivity index (χ1v) is 12.5. The lowest BCUT2D eigenvalue weighted by Crippen LogP contribution is -2.43. The molecule has 35 heavy (non-hydrogen) atoms. The van der Waals surface area contributed by atoms with E-state index in [1.54, 1.807) is 7.05 Å². The molecule has 7 heteroatoms. The van der Waals surface area contributed by atoms with Gasteiger partial charge in [-0.15, -0.1) is 0 Å². The Morgan fingerprint density at radius 1 is 1.00 bits per heavy atom. The highest BCUT2D eigenvalue weighted by Crippen LogP contribution is 2.36. The maximum atomic E-state index is 13.4. The zero-order chi connectivity index (χ0) is 24.8. The van der Waals surface area contributed by atoms with Gasteiger partial charge in [-0.3, -0.25) is 14.4 Å². The summed E-state index contributed by atoms with van der Waals surface area (Å²) in [6.07, 6.45) is 3.91. The molecule has 1 saturated carbocycles. The number of fused-ring (bicyclic) bond motifs is 1. The second-order valence-electron chi connectivity index (χ2n) is 9.30. The Balaban J connectivity index is 1.32. The molecule has 4 rings (SSSR count). The molecule has 1 aliphatic heterocycles. The lowest BCUT2D eigenvalue weighted by molar-refractivity contribution is -0.159. The van der Waals surface area contributed by atoms with Crippen LogP contribution >= 0.6 is 0 Å². The van der Waals surface area contributed by atoms with Crippen molar-refractivity contribution in [1.29, 1.82) is 0 Å². The Hall–Kier alpha value is -3.35. The van der Waals surface area contributed by atoms with Crippen molar-refractivity contribution in [3.05, 3.63) is 59.7 Å². The van der Waals surface area contributed by atoms with Crippen LogP contribution in [-0.2, 0) is 32.1 Å². The van der Waals surface area contributed by atoms with E-state index in [0.717, 1.165) is 41.8 Å². The highest BCUT2D eigenvalue weighted by Gasteiger charge is 2.40. The maximum absolute atomic E-state index is 13.4. The third-order valence-corrected chi connectivity index (χ3v) is 6.96. The number of ether oxygens (including phenoxy) is 2. The van der Waals surface area contributed by atoms with Gasteiger partial charge in [-0.05, 0) is 55.5 Å². The van der Waals surface area contributed by atoms with Crippen LogP contribution in [0.15, 0.2) is 48.5 Å². The third-order valence-electron chi connectivity index (χ3n) is 6.96. The van der Waals surface area contributed by atoms with Crippen LogP contribution in [0.1, 0.15) is 43.7 Å². The quantitative estimate of drug-likeness (QED) is 0.537. The molecule has 2 aliphatic rings. The van der Waals surface area contributed by atoms with Crippen LogP contribution in [0.2, 0.25) is 0 Å². The van der Waals surface area contributed by atoms with Gasteiger partial charge in [-0.25, -0.2) is 0 Å². The largest absolute Gasteiger partial charge is 0.494 e. The van der Waals surface area contributed by atoms with Crippen molar-refractivity contribution in [3.63, 3.8) is 0 Å². The van der Waals surface area contributed by atoms with E-state index in [-0.39, 0.29) is 18.4 Å². The smallest absolute Gasteiger partial charge is 0.310 e. The summed E-state index contributed by atoms with van der Waals surface area (Å²) in [5.74, 6) is -0.853. The van der Waals surface area contributed by atoms with Gasteiger partial charge in [0, 0.05) is 25.8 Å². The monoisotopic (exact) mass is 478 g/mol. The molecule has 0 aromatic heterocycles. The van der Waals surface area contributed by atoms with Gasteiger partial charge in [0.15, 0.2) is 6.61 Å². The number of esters is 1. The van der Waals surface area contributed by atoms with E-state index in [1.807, 2.05) is 60.4 Å². The van der Waals surface area contributed by atoms with Crippen molar-refractivity contribution in [2.45, 2.75) is 45.6 Å². The number of amides is 2. The summed E-state index contributed by atoms with van der Waals surface area (Å²) in [5.41, 5.74) is 3.07. The molecule has 2 amide bonds. The summed E-state index contributed by atoms with van der Waals surface area (Å²) >= 11 is 0. The number of likely N-dealkylation sites (N-methyl/N-ethyl adjacent to an activating group) is 1. The summed E-state index contributed by atoms with van der Waals surface area (Å²) in [6.45, 7) is 3.25. The molecule has 2 aromatic carbocycles. The first-order chi connectivity index (χ1) is 17.0. The molecular weight excluding hydrogens is 444 g/mol. The van der Waals surface area contributed by atoms with E-state index in [4.69, 9.17) is 9.47 Å². The molecule has 2 aromatic rings. The van der Waals surface area contributed by atoms with Crippen molar-refractivity contribution in [1.82, 2.24) is 4.90 Å². The summed E-state index contributed by atoms with van der Waals surface area (Å²) < 4.78 is 10.9. The fraction of sp³-hybridized carbons (Fsp3) is 0.464. The average Bonchev–Trinajstić information content (AvgIpc) is 3.32. The summed E-state index contributed by atoms with van der Waals surface area (Å²) in [6, 6.07) is 15.5. The standard InChI is InChI=1S/C28H34N2O5/c1-3-34-22-14-12-20(13-15-22)18-29(2)26(31)19-35-28(33)24-10-6-5-9-23(24)27(32)30-17-16-21-8-4-7-11-25(21)30/h4,7-8,11-15,23-24H,3,5-6,9-10,16-19H2,1-2H3. The molecular formula is C28H34N2O5. The minimum Gasteiger partial charge on any atom is -0.494 e. The SMILES string of the molecule is CCOc1ccc(CN(C)C(=O)COC(=O)C2CCCCC2C(=O)N2CCc3ccccc32)cc1. The Kier molecular flexibility index (Phi) is 8.06. The van der Waals surface area contributed by atoms with Gasteiger partial charge in [0.25, 0.3) is 5.91 Å².